The van der Waals surface area contributed by atoms with E-state index in [1.165, 1.54) is 0 Å². The Morgan fingerprint density at radius 2 is 2.38 bits per heavy atom. The first-order valence-electron chi connectivity index (χ1n) is 2.13. The predicted octanol–water partition coefficient (Wildman–Crippen LogP) is -0.966. The summed E-state index contributed by atoms with van der Waals surface area (Å²) in [4.78, 5) is 0. The maximum atomic E-state index is 11.3. The van der Waals surface area contributed by atoms with E-state index in [1.54, 1.807) is 0 Å². The summed E-state index contributed by atoms with van der Waals surface area (Å²) in [6.45, 7) is -0.443. The second kappa shape index (κ2) is 4.32. The summed E-state index contributed by atoms with van der Waals surface area (Å²) >= 11 is 0. The number of rotatable bonds is 3. The molecule has 4 nitrogen and oxygen atoms in total. The lowest BCUT2D eigenvalue weighted by molar-refractivity contribution is 0.267. The van der Waals surface area contributed by atoms with Crippen LogP contribution in [0.25, 0.3) is 0 Å². The summed E-state index contributed by atoms with van der Waals surface area (Å²) in [6, 6.07) is 0. The summed E-state index contributed by atoms with van der Waals surface area (Å²) in [5, 5.41) is 4.27. The molecule has 0 aromatic heterocycles. The molecule has 0 aliphatic carbocycles. The normalized spacial score (nSPS) is 10.2. The van der Waals surface area contributed by atoms with Crippen LogP contribution in [0.3, 0.4) is 0 Å². The zero-order valence-electron chi connectivity index (χ0n) is 4.42. The number of alkyl halides is 1. The Kier molecular flexibility index (Phi) is 3.87. The number of hydrogen-bond acceptors (Lipinski definition) is 3. The molecule has 0 fully saturated rings. The van der Waals surface area contributed by atoms with Gasteiger partial charge in [0, 0.05) is 0 Å². The van der Waals surface area contributed by atoms with E-state index in [1.807, 2.05) is 0 Å². The predicted molar refractivity (Wildman–Crippen MR) is 29.5 cm³/mol. The van der Waals surface area contributed by atoms with Gasteiger partial charge in [-0.05, 0) is 0 Å². The molecule has 0 aliphatic heterocycles. The van der Waals surface area contributed by atoms with Gasteiger partial charge in [-0.25, -0.2) is 15.4 Å². The molecule has 0 saturated heterocycles. The highest BCUT2D eigenvalue weighted by Gasteiger charge is 1.87. The molecule has 0 aliphatic rings. The molecule has 0 atom stereocenters. The van der Waals surface area contributed by atoms with Gasteiger partial charge in [0.15, 0.2) is 0 Å². The van der Waals surface area contributed by atoms with E-state index in [0.29, 0.717) is 0 Å². The van der Waals surface area contributed by atoms with Crippen molar-refractivity contribution in [2.75, 3.05) is 13.2 Å². The van der Waals surface area contributed by atoms with Gasteiger partial charge in [0.25, 0.3) is 0 Å². The molecular weight excluding hydrogens is 111 g/mol. The molecule has 0 heterocycles. The second-order valence-corrected chi connectivity index (χ2v) is 1.12. The molecule has 0 saturated carbocycles. The third-order valence-corrected chi connectivity index (χ3v) is 0.529. The van der Waals surface area contributed by atoms with Crippen LogP contribution in [0, 0.1) is 0 Å². The Morgan fingerprint density at radius 1 is 1.75 bits per heavy atom. The molecule has 48 valence electrons. The highest BCUT2D eigenvalue weighted by Crippen LogP contribution is 1.75. The minimum absolute atomic E-state index is 0.0771. The summed E-state index contributed by atoms with van der Waals surface area (Å²) in [7, 11) is 0. The van der Waals surface area contributed by atoms with Crippen molar-refractivity contribution in [3.63, 3.8) is 0 Å². The molecule has 4 N–H and O–H groups in total. The highest BCUT2D eigenvalue weighted by atomic mass is 19.1. The first kappa shape index (κ1) is 7.16. The van der Waals surface area contributed by atoms with E-state index in [2.05, 4.69) is 5.10 Å². The summed E-state index contributed by atoms with van der Waals surface area (Å²) in [5.41, 5.74) is 4.82. The van der Waals surface area contributed by atoms with Gasteiger partial charge >= 0.3 is 0 Å². The van der Waals surface area contributed by atoms with E-state index < -0.39 is 6.67 Å². The number of hydrazine groups is 1. The van der Waals surface area contributed by atoms with Gasteiger partial charge < -0.3 is 5.73 Å². The number of hydrogen-bond donors (Lipinski definition) is 2. The SMILES string of the molecule is N/C=N\N(N)CCF. The molecule has 0 spiro atoms. The van der Waals surface area contributed by atoms with Gasteiger partial charge in [0.2, 0.25) is 0 Å². The standard InChI is InChI=1S/C3H9FN4/c4-1-2-8(6)7-3-5/h3H,1-2,6H2,(H2,5,7). The fourth-order valence-corrected chi connectivity index (χ4v) is 0.230. The van der Waals surface area contributed by atoms with Crippen LogP contribution >= 0.6 is 0 Å². The van der Waals surface area contributed by atoms with Crippen molar-refractivity contribution in [3.8, 4) is 0 Å². The van der Waals surface area contributed by atoms with Gasteiger partial charge in [-0.15, -0.1) is 0 Å². The molecule has 5 heteroatoms. The number of nitrogens with zero attached hydrogens (tertiary/aromatic N) is 2. The van der Waals surface area contributed by atoms with E-state index in [-0.39, 0.29) is 6.54 Å². The molecule has 0 amide bonds. The molecule has 8 heavy (non-hydrogen) atoms. The van der Waals surface area contributed by atoms with Crippen LogP contribution in [0.2, 0.25) is 0 Å². The fourth-order valence-electron chi connectivity index (χ4n) is 0.230. The third kappa shape index (κ3) is 3.35. The van der Waals surface area contributed by atoms with Crippen molar-refractivity contribution in [1.29, 1.82) is 0 Å². The van der Waals surface area contributed by atoms with Crippen LogP contribution in [-0.2, 0) is 0 Å². The van der Waals surface area contributed by atoms with Crippen molar-refractivity contribution in [3.05, 3.63) is 0 Å². The topological polar surface area (TPSA) is 67.6 Å². The lowest BCUT2D eigenvalue weighted by atomic mass is 10.7. The maximum Gasteiger partial charge on any atom is 0.110 e. The van der Waals surface area contributed by atoms with E-state index >= 15 is 0 Å². The Labute approximate surface area is 46.9 Å². The van der Waals surface area contributed by atoms with Crippen LogP contribution in [0.15, 0.2) is 5.10 Å². The third-order valence-electron chi connectivity index (χ3n) is 0.529. The fraction of sp³-hybridized carbons (Fsp3) is 0.667. The Bertz CT molecular complexity index is 73.7. The summed E-state index contributed by atoms with van der Waals surface area (Å²) < 4.78 is 11.3. The number of hydrazone groups is 1. The van der Waals surface area contributed by atoms with E-state index in [0.717, 1.165) is 11.5 Å². The first-order chi connectivity index (χ1) is 3.81. The monoisotopic (exact) mass is 120 g/mol. The molecular formula is C3H9FN4. The van der Waals surface area contributed by atoms with Crippen molar-refractivity contribution < 1.29 is 4.39 Å². The largest absolute Gasteiger partial charge is 0.388 e. The Morgan fingerprint density at radius 3 is 2.75 bits per heavy atom. The van der Waals surface area contributed by atoms with Crippen LogP contribution in [0.4, 0.5) is 4.39 Å². The maximum absolute atomic E-state index is 11.3. The molecule has 0 bridgehead atoms. The Balaban J connectivity index is 3.17. The molecule has 0 aromatic carbocycles. The van der Waals surface area contributed by atoms with Crippen molar-refractivity contribution >= 4 is 6.34 Å². The van der Waals surface area contributed by atoms with Gasteiger partial charge in [0.1, 0.15) is 13.0 Å². The zero-order valence-corrected chi connectivity index (χ0v) is 4.42. The summed E-state index contributed by atoms with van der Waals surface area (Å²) in [6.07, 6.45) is 1.01. The quantitative estimate of drug-likeness (QED) is 0.218. The summed E-state index contributed by atoms with van der Waals surface area (Å²) in [5.74, 6) is 5.01. The van der Waals surface area contributed by atoms with Crippen molar-refractivity contribution in [2.45, 2.75) is 0 Å². The lowest BCUT2D eigenvalue weighted by Crippen LogP contribution is -2.28. The highest BCUT2D eigenvalue weighted by molar-refractivity contribution is 5.50. The van der Waals surface area contributed by atoms with Gasteiger partial charge in [0.05, 0.1) is 6.54 Å². The van der Waals surface area contributed by atoms with Gasteiger partial charge in [-0.1, -0.05) is 0 Å². The smallest absolute Gasteiger partial charge is 0.110 e. The minimum atomic E-state index is -0.520. The van der Waals surface area contributed by atoms with Crippen LogP contribution < -0.4 is 11.6 Å². The van der Waals surface area contributed by atoms with Crippen LogP contribution in [0.5, 0.6) is 0 Å². The number of nitrogens with two attached hydrogens (primary N) is 2. The molecule has 0 aromatic rings. The molecule has 0 radical (unpaired) electrons. The van der Waals surface area contributed by atoms with Crippen molar-refractivity contribution in [2.24, 2.45) is 16.7 Å². The average molecular weight is 120 g/mol. The molecule has 0 rings (SSSR count). The van der Waals surface area contributed by atoms with Gasteiger partial charge in [-0.2, -0.15) is 5.10 Å². The second-order valence-electron chi connectivity index (χ2n) is 1.12. The Hall–Kier alpha value is -0.840. The first-order valence-corrected chi connectivity index (χ1v) is 2.13. The van der Waals surface area contributed by atoms with Crippen LogP contribution in [0.1, 0.15) is 0 Å². The average Bonchev–Trinajstić information content (AvgIpc) is 1.68. The zero-order chi connectivity index (χ0) is 6.41. The van der Waals surface area contributed by atoms with E-state index in [4.69, 9.17) is 11.6 Å². The van der Waals surface area contributed by atoms with E-state index in [9.17, 15) is 4.39 Å². The van der Waals surface area contributed by atoms with Crippen molar-refractivity contribution in [1.82, 2.24) is 5.12 Å². The van der Waals surface area contributed by atoms with Crippen LogP contribution in [-0.4, -0.2) is 24.7 Å². The minimum Gasteiger partial charge on any atom is -0.388 e. The lowest BCUT2D eigenvalue weighted by Gasteiger charge is -2.06. The molecule has 0 unspecified atom stereocenters. The number of halogens is 1. The van der Waals surface area contributed by atoms with Gasteiger partial charge in [-0.3, -0.25) is 0 Å².